The minimum absolute atomic E-state index is 0.281. The summed E-state index contributed by atoms with van der Waals surface area (Å²) < 4.78 is 11.4. The van der Waals surface area contributed by atoms with Gasteiger partial charge in [0.25, 0.3) is 5.91 Å². The van der Waals surface area contributed by atoms with Crippen LogP contribution in [0.3, 0.4) is 0 Å². The fourth-order valence-electron chi connectivity index (χ4n) is 3.89. The fourth-order valence-corrected chi connectivity index (χ4v) is 4.06. The number of fused-ring (bicyclic) bond motifs is 1. The van der Waals surface area contributed by atoms with Gasteiger partial charge in [-0.1, -0.05) is 24.3 Å². The Labute approximate surface area is 198 Å². The lowest BCUT2D eigenvalue weighted by atomic mass is 9.93. The molecule has 0 atom stereocenters. The minimum Gasteiger partial charge on any atom is -0.495 e. The van der Waals surface area contributed by atoms with E-state index in [1.807, 2.05) is 62.4 Å². The Balaban J connectivity index is 1.54. The third-order valence-corrected chi connectivity index (χ3v) is 5.65. The van der Waals surface area contributed by atoms with Gasteiger partial charge < -0.3 is 19.8 Å². The Morgan fingerprint density at radius 3 is 2.64 bits per heavy atom. The molecule has 0 spiro atoms. The van der Waals surface area contributed by atoms with Crippen molar-refractivity contribution in [3.63, 3.8) is 0 Å². The molecule has 0 saturated carbocycles. The highest BCUT2D eigenvalue weighted by molar-refractivity contribution is 7.80. The molecule has 0 aliphatic heterocycles. The maximum absolute atomic E-state index is 13.1. The van der Waals surface area contributed by atoms with Crippen molar-refractivity contribution < 1.29 is 13.9 Å². The topological polar surface area (TPSA) is 87.9 Å². The molecule has 1 aliphatic rings. The van der Waals surface area contributed by atoms with Crippen LogP contribution in [0.15, 0.2) is 58.0 Å². The van der Waals surface area contributed by atoms with Gasteiger partial charge in [0.15, 0.2) is 10.9 Å². The molecule has 1 heterocycles. The highest BCUT2D eigenvalue weighted by Gasteiger charge is 2.28. The van der Waals surface area contributed by atoms with Gasteiger partial charge >= 0.3 is 0 Å². The normalized spacial score (nSPS) is 13.8. The largest absolute Gasteiger partial charge is 0.495 e. The van der Waals surface area contributed by atoms with Crippen molar-refractivity contribution >= 4 is 40.3 Å². The first-order valence-corrected chi connectivity index (χ1v) is 11.1. The van der Waals surface area contributed by atoms with Crippen molar-refractivity contribution in [1.82, 2.24) is 5.43 Å². The molecular weight excluding hydrogens is 436 g/mol. The summed E-state index contributed by atoms with van der Waals surface area (Å²) in [7, 11) is 1.57. The summed E-state index contributed by atoms with van der Waals surface area (Å²) in [5.74, 6) is 1.32. The van der Waals surface area contributed by atoms with Gasteiger partial charge in [-0.15, -0.1) is 0 Å². The first-order chi connectivity index (χ1) is 16.0. The molecule has 7 nitrogen and oxygen atoms in total. The van der Waals surface area contributed by atoms with Crippen LogP contribution in [0.4, 0.5) is 11.4 Å². The second-order valence-corrected chi connectivity index (χ2v) is 8.26. The number of hydrazone groups is 1. The average molecular weight is 463 g/mol. The highest BCUT2D eigenvalue weighted by Crippen LogP contribution is 2.31. The van der Waals surface area contributed by atoms with Crippen LogP contribution in [0.5, 0.6) is 5.75 Å². The van der Waals surface area contributed by atoms with E-state index >= 15 is 0 Å². The number of carbonyl (C=O) groups excluding carboxylic acids is 1. The second kappa shape index (κ2) is 9.87. The van der Waals surface area contributed by atoms with E-state index in [-0.39, 0.29) is 11.7 Å². The van der Waals surface area contributed by atoms with E-state index in [0.717, 1.165) is 53.1 Å². The van der Waals surface area contributed by atoms with Crippen LogP contribution in [0.2, 0.25) is 0 Å². The Morgan fingerprint density at radius 2 is 1.88 bits per heavy atom. The molecule has 0 unspecified atom stereocenters. The summed E-state index contributed by atoms with van der Waals surface area (Å²) in [5.41, 5.74) is 7.87. The quantitative estimate of drug-likeness (QED) is 0.358. The van der Waals surface area contributed by atoms with Crippen LogP contribution in [0, 0.1) is 13.8 Å². The van der Waals surface area contributed by atoms with Crippen LogP contribution in [0.1, 0.15) is 45.8 Å². The number of hydrogen-bond acceptors (Lipinski definition) is 5. The van der Waals surface area contributed by atoms with Gasteiger partial charge in [-0.05, 0) is 68.7 Å². The van der Waals surface area contributed by atoms with Crippen molar-refractivity contribution in [2.24, 2.45) is 5.10 Å². The highest BCUT2D eigenvalue weighted by atomic mass is 32.1. The fraction of sp³-hybridized carbons (Fsp3) is 0.240. The van der Waals surface area contributed by atoms with Crippen molar-refractivity contribution in [3.05, 3.63) is 76.7 Å². The number of furan rings is 1. The molecule has 4 rings (SSSR count). The molecule has 0 radical (unpaired) electrons. The van der Waals surface area contributed by atoms with E-state index in [2.05, 4.69) is 21.2 Å². The number of thiocarbonyl (C=S) groups is 1. The van der Waals surface area contributed by atoms with Gasteiger partial charge in [0, 0.05) is 23.2 Å². The molecule has 1 amide bonds. The number of nitrogens with zero attached hydrogens (tertiary/aromatic N) is 1. The molecule has 0 bridgehead atoms. The molecule has 0 fully saturated rings. The van der Waals surface area contributed by atoms with E-state index in [1.54, 1.807) is 7.11 Å². The Kier molecular flexibility index (Phi) is 6.74. The molecule has 0 saturated heterocycles. The number of anilines is 2. The molecule has 1 aliphatic carbocycles. The number of nitrogens with one attached hydrogen (secondary N) is 3. The zero-order chi connectivity index (χ0) is 23.4. The van der Waals surface area contributed by atoms with Gasteiger partial charge in [0.1, 0.15) is 11.5 Å². The first kappa shape index (κ1) is 22.5. The maximum Gasteiger partial charge on any atom is 0.291 e. The summed E-state index contributed by atoms with van der Waals surface area (Å²) in [6.07, 6.45) is 2.40. The van der Waals surface area contributed by atoms with E-state index in [4.69, 9.17) is 21.4 Å². The number of para-hydroxylation sites is 1. The van der Waals surface area contributed by atoms with E-state index in [0.29, 0.717) is 16.5 Å². The summed E-state index contributed by atoms with van der Waals surface area (Å²) in [6, 6.07) is 15.3. The van der Waals surface area contributed by atoms with Crippen molar-refractivity contribution in [2.75, 3.05) is 17.7 Å². The van der Waals surface area contributed by atoms with Crippen LogP contribution in [-0.4, -0.2) is 23.8 Å². The zero-order valence-corrected chi connectivity index (χ0v) is 19.6. The zero-order valence-electron chi connectivity index (χ0n) is 18.8. The number of hydrogen-bond donors (Lipinski definition) is 3. The second-order valence-electron chi connectivity index (χ2n) is 7.86. The summed E-state index contributed by atoms with van der Waals surface area (Å²) >= 11 is 5.36. The lowest BCUT2D eigenvalue weighted by Crippen LogP contribution is -2.26. The van der Waals surface area contributed by atoms with Crippen LogP contribution in [-0.2, 0) is 6.42 Å². The van der Waals surface area contributed by atoms with E-state index in [9.17, 15) is 4.79 Å². The van der Waals surface area contributed by atoms with Gasteiger partial charge in [-0.25, -0.2) is 0 Å². The molecule has 8 heteroatoms. The maximum atomic E-state index is 13.1. The van der Waals surface area contributed by atoms with Gasteiger partial charge in [-0.3, -0.25) is 10.2 Å². The molecule has 3 aromatic rings. The number of amides is 1. The summed E-state index contributed by atoms with van der Waals surface area (Å²) in [5, 5.41) is 10.9. The smallest absolute Gasteiger partial charge is 0.291 e. The van der Waals surface area contributed by atoms with Crippen LogP contribution < -0.4 is 20.8 Å². The average Bonchev–Trinajstić information content (AvgIpc) is 3.16. The molecule has 33 heavy (non-hydrogen) atoms. The van der Waals surface area contributed by atoms with Crippen molar-refractivity contribution in [2.45, 2.75) is 33.1 Å². The first-order valence-electron chi connectivity index (χ1n) is 10.7. The molecular formula is C25H26N4O3S. The summed E-state index contributed by atoms with van der Waals surface area (Å²) in [6.45, 7) is 3.84. The minimum atomic E-state index is -0.320. The Bertz CT molecular complexity index is 1220. The van der Waals surface area contributed by atoms with Crippen LogP contribution in [0.25, 0.3) is 0 Å². The lowest BCUT2D eigenvalue weighted by molar-refractivity contribution is 0.0993. The number of ether oxygens (including phenoxy) is 1. The molecule has 3 N–H and O–H groups in total. The monoisotopic (exact) mass is 462 g/mol. The number of carbonyl (C=O) groups is 1. The van der Waals surface area contributed by atoms with E-state index < -0.39 is 0 Å². The third-order valence-electron chi connectivity index (χ3n) is 5.46. The molecule has 2 aromatic carbocycles. The number of methoxy groups -OCH3 is 1. The molecule has 1 aromatic heterocycles. The van der Waals surface area contributed by atoms with Crippen molar-refractivity contribution in [3.8, 4) is 5.75 Å². The van der Waals surface area contributed by atoms with Crippen molar-refractivity contribution in [1.29, 1.82) is 0 Å². The van der Waals surface area contributed by atoms with Gasteiger partial charge in [0.05, 0.1) is 18.5 Å². The lowest BCUT2D eigenvalue weighted by Gasteiger charge is -2.14. The Morgan fingerprint density at radius 1 is 1.09 bits per heavy atom. The standard InChI is InChI=1S/C25H26N4O3S/c1-15-12-13-20(31-3)19(14-15)27-24(30)23-16(2)22-18(10-7-11-21(22)32-23)28-29-25(33)26-17-8-5-4-6-9-17/h4-6,8-9,12-14H,7,10-11H2,1-3H3,(H,27,30)(H2,26,29,33)/b28-18+. The third kappa shape index (κ3) is 5.06. The summed E-state index contributed by atoms with van der Waals surface area (Å²) in [4.78, 5) is 13.1. The predicted octanol–water partition coefficient (Wildman–Crippen LogP) is 5.18. The SMILES string of the molecule is COc1ccc(C)cc1NC(=O)c1oc2c(c1C)/C(=N/NC(=S)Nc1ccccc1)CCC2. The van der Waals surface area contributed by atoms with E-state index in [1.165, 1.54) is 0 Å². The van der Waals surface area contributed by atoms with Crippen LogP contribution >= 0.6 is 12.2 Å². The molecule has 170 valence electrons. The van der Waals surface area contributed by atoms with Gasteiger partial charge in [0.2, 0.25) is 0 Å². The Hall–Kier alpha value is -3.65. The number of aryl methyl sites for hydroxylation is 2. The number of rotatable bonds is 5. The van der Waals surface area contributed by atoms with Gasteiger partial charge in [-0.2, -0.15) is 5.10 Å². The predicted molar refractivity (Wildman–Crippen MR) is 134 cm³/mol. The number of benzene rings is 2.